The van der Waals surface area contributed by atoms with Gasteiger partial charge >= 0.3 is 0 Å². The normalized spacial score (nSPS) is 11.0. The molecule has 2 amide bonds. The summed E-state index contributed by atoms with van der Waals surface area (Å²) >= 11 is 3.35. The molecular weight excluding hydrogens is 368 g/mol. The Labute approximate surface area is 151 Å². The summed E-state index contributed by atoms with van der Waals surface area (Å²) in [5, 5.41) is 2.80. The van der Waals surface area contributed by atoms with Gasteiger partial charge in [0.1, 0.15) is 5.41 Å². The number of hydrogen-bond acceptors (Lipinski definition) is 2. The topological polar surface area (TPSA) is 49.4 Å². The lowest BCUT2D eigenvalue weighted by Crippen LogP contribution is -2.45. The first kappa shape index (κ1) is 18.2. The maximum Gasteiger partial charge on any atom is 0.239 e. The molecule has 0 radical (unpaired) electrons. The van der Waals surface area contributed by atoms with Crippen LogP contribution in [0.4, 0.5) is 5.69 Å². The van der Waals surface area contributed by atoms with Gasteiger partial charge in [-0.15, -0.1) is 0 Å². The molecule has 0 aliphatic rings. The average Bonchev–Trinajstić information content (AvgIpc) is 2.57. The lowest BCUT2D eigenvalue weighted by molar-refractivity contribution is -0.145. The van der Waals surface area contributed by atoms with E-state index in [1.165, 1.54) is 0 Å². The van der Waals surface area contributed by atoms with Crippen LogP contribution in [-0.2, 0) is 16.1 Å². The first-order valence-corrected chi connectivity index (χ1v) is 8.46. The van der Waals surface area contributed by atoms with Crippen LogP contribution >= 0.6 is 15.9 Å². The Bertz CT molecular complexity index is 712. The number of nitrogens with zero attached hydrogens (tertiary/aromatic N) is 1. The van der Waals surface area contributed by atoms with Crippen LogP contribution in [0.2, 0.25) is 0 Å². The third-order valence-electron chi connectivity index (χ3n) is 3.81. The van der Waals surface area contributed by atoms with E-state index in [2.05, 4.69) is 21.2 Å². The minimum absolute atomic E-state index is 0.221. The van der Waals surface area contributed by atoms with Crippen molar-refractivity contribution in [3.63, 3.8) is 0 Å². The number of carbonyl (C=O) groups is 2. The number of benzene rings is 2. The summed E-state index contributed by atoms with van der Waals surface area (Å²) in [7, 11) is 1.71. The van der Waals surface area contributed by atoms with Crippen LogP contribution in [0.3, 0.4) is 0 Å². The third kappa shape index (κ3) is 4.45. The van der Waals surface area contributed by atoms with Crippen LogP contribution in [0.25, 0.3) is 0 Å². The molecule has 1 N–H and O–H groups in total. The average molecular weight is 389 g/mol. The molecule has 0 aliphatic heterocycles. The van der Waals surface area contributed by atoms with Crippen molar-refractivity contribution in [2.24, 2.45) is 5.41 Å². The lowest BCUT2D eigenvalue weighted by atomic mass is 9.90. The van der Waals surface area contributed by atoms with Gasteiger partial charge in [0, 0.05) is 23.8 Å². The van der Waals surface area contributed by atoms with Crippen molar-refractivity contribution in [1.82, 2.24) is 4.90 Å². The molecule has 0 heterocycles. The molecule has 0 unspecified atom stereocenters. The van der Waals surface area contributed by atoms with Crippen LogP contribution < -0.4 is 5.32 Å². The molecule has 0 bridgehead atoms. The highest BCUT2D eigenvalue weighted by atomic mass is 79.9. The fraction of sp³-hybridized carbons (Fsp3) is 0.263. The van der Waals surface area contributed by atoms with E-state index < -0.39 is 5.41 Å². The summed E-state index contributed by atoms with van der Waals surface area (Å²) < 4.78 is 0.929. The molecule has 2 aromatic carbocycles. The number of halogens is 1. The molecule has 0 aliphatic carbocycles. The molecule has 24 heavy (non-hydrogen) atoms. The Morgan fingerprint density at radius 3 is 2.21 bits per heavy atom. The highest BCUT2D eigenvalue weighted by Crippen LogP contribution is 2.23. The van der Waals surface area contributed by atoms with Crippen molar-refractivity contribution < 1.29 is 9.59 Å². The third-order valence-corrected chi connectivity index (χ3v) is 4.34. The molecule has 0 saturated carbocycles. The van der Waals surface area contributed by atoms with E-state index in [1.54, 1.807) is 37.9 Å². The van der Waals surface area contributed by atoms with Gasteiger partial charge in [0.05, 0.1) is 0 Å². The summed E-state index contributed by atoms with van der Waals surface area (Å²) in [6.07, 6.45) is 0. The van der Waals surface area contributed by atoms with E-state index in [4.69, 9.17) is 0 Å². The number of nitrogens with one attached hydrogen (secondary N) is 1. The van der Waals surface area contributed by atoms with E-state index in [0.29, 0.717) is 12.2 Å². The van der Waals surface area contributed by atoms with Crippen molar-refractivity contribution in [3.05, 3.63) is 64.6 Å². The van der Waals surface area contributed by atoms with Gasteiger partial charge in [-0.1, -0.05) is 46.3 Å². The van der Waals surface area contributed by atoms with Gasteiger partial charge in [-0.25, -0.2) is 0 Å². The Morgan fingerprint density at radius 2 is 1.62 bits per heavy atom. The zero-order chi connectivity index (χ0) is 17.7. The standard InChI is InChI=1S/C19H21BrN2O2/c1-19(2,17(23)21-16-11-9-15(20)10-12-16)18(24)22(3)13-14-7-5-4-6-8-14/h4-12H,13H2,1-3H3,(H,21,23). The molecule has 0 saturated heterocycles. The fourth-order valence-electron chi connectivity index (χ4n) is 2.32. The zero-order valence-corrected chi connectivity index (χ0v) is 15.6. The summed E-state index contributed by atoms with van der Waals surface area (Å²) in [5.74, 6) is -0.546. The number of amides is 2. The van der Waals surface area contributed by atoms with Crippen LogP contribution in [0, 0.1) is 5.41 Å². The van der Waals surface area contributed by atoms with E-state index in [0.717, 1.165) is 10.0 Å². The molecule has 0 spiro atoms. The lowest BCUT2D eigenvalue weighted by Gasteiger charge is -2.28. The summed E-state index contributed by atoms with van der Waals surface area (Å²) in [4.78, 5) is 26.8. The minimum Gasteiger partial charge on any atom is -0.341 e. The Kier molecular flexibility index (Phi) is 5.78. The summed E-state index contributed by atoms with van der Waals surface area (Å²) in [6, 6.07) is 17.0. The molecule has 126 valence electrons. The van der Waals surface area contributed by atoms with E-state index in [9.17, 15) is 9.59 Å². The highest BCUT2D eigenvalue weighted by Gasteiger charge is 2.38. The predicted molar refractivity (Wildman–Crippen MR) is 99.5 cm³/mol. The second-order valence-electron chi connectivity index (χ2n) is 6.23. The quantitative estimate of drug-likeness (QED) is 0.784. The van der Waals surface area contributed by atoms with E-state index >= 15 is 0 Å². The first-order valence-electron chi connectivity index (χ1n) is 7.67. The Morgan fingerprint density at radius 1 is 1.04 bits per heavy atom. The highest BCUT2D eigenvalue weighted by molar-refractivity contribution is 9.10. The Hall–Kier alpha value is -2.14. The van der Waals surface area contributed by atoms with Crippen molar-refractivity contribution in [1.29, 1.82) is 0 Å². The Balaban J connectivity index is 2.05. The number of hydrogen-bond donors (Lipinski definition) is 1. The van der Waals surface area contributed by atoms with Gasteiger partial charge in [0.25, 0.3) is 0 Å². The predicted octanol–water partition coefficient (Wildman–Crippen LogP) is 4.07. The van der Waals surface area contributed by atoms with Gasteiger partial charge in [0.15, 0.2) is 0 Å². The monoisotopic (exact) mass is 388 g/mol. The van der Waals surface area contributed by atoms with Crippen LogP contribution in [0.1, 0.15) is 19.4 Å². The largest absolute Gasteiger partial charge is 0.341 e. The molecule has 5 heteroatoms. The van der Waals surface area contributed by atoms with Crippen molar-refractivity contribution in [2.45, 2.75) is 20.4 Å². The summed E-state index contributed by atoms with van der Waals surface area (Å²) in [5.41, 5.74) is 0.531. The van der Waals surface area contributed by atoms with Crippen LogP contribution in [0.15, 0.2) is 59.1 Å². The van der Waals surface area contributed by atoms with Crippen molar-refractivity contribution >= 4 is 33.4 Å². The maximum absolute atomic E-state index is 12.7. The molecule has 4 nitrogen and oxygen atoms in total. The van der Waals surface area contributed by atoms with Crippen LogP contribution in [0.5, 0.6) is 0 Å². The molecule has 0 aromatic heterocycles. The van der Waals surface area contributed by atoms with Gasteiger partial charge in [-0.3, -0.25) is 9.59 Å². The minimum atomic E-state index is -1.16. The van der Waals surface area contributed by atoms with E-state index in [-0.39, 0.29) is 11.8 Å². The molecule has 2 aromatic rings. The van der Waals surface area contributed by atoms with Gasteiger partial charge in [0.2, 0.25) is 11.8 Å². The number of rotatable bonds is 5. The van der Waals surface area contributed by atoms with Crippen molar-refractivity contribution in [2.75, 3.05) is 12.4 Å². The van der Waals surface area contributed by atoms with Gasteiger partial charge < -0.3 is 10.2 Å². The SMILES string of the molecule is CN(Cc1ccccc1)C(=O)C(C)(C)C(=O)Nc1ccc(Br)cc1. The first-order chi connectivity index (χ1) is 11.3. The van der Waals surface area contributed by atoms with Crippen LogP contribution in [-0.4, -0.2) is 23.8 Å². The fourth-order valence-corrected chi connectivity index (χ4v) is 2.59. The summed E-state index contributed by atoms with van der Waals surface area (Å²) in [6.45, 7) is 3.75. The van der Waals surface area contributed by atoms with Crippen molar-refractivity contribution in [3.8, 4) is 0 Å². The van der Waals surface area contributed by atoms with E-state index in [1.807, 2.05) is 42.5 Å². The molecule has 2 rings (SSSR count). The maximum atomic E-state index is 12.7. The molecule has 0 fully saturated rings. The number of anilines is 1. The molecule has 0 atom stereocenters. The zero-order valence-electron chi connectivity index (χ0n) is 14.0. The van der Waals surface area contributed by atoms with Gasteiger partial charge in [-0.05, 0) is 43.7 Å². The smallest absolute Gasteiger partial charge is 0.239 e. The second kappa shape index (κ2) is 7.62. The van der Waals surface area contributed by atoms with Gasteiger partial charge in [-0.2, -0.15) is 0 Å². The molecular formula is C19H21BrN2O2. The second-order valence-corrected chi connectivity index (χ2v) is 7.15. The number of carbonyl (C=O) groups excluding carboxylic acids is 2.